The lowest BCUT2D eigenvalue weighted by Gasteiger charge is -2.61. The van der Waals surface area contributed by atoms with Crippen LogP contribution in [0, 0.1) is 0 Å². The normalized spacial score (nSPS) is 33.7. The van der Waals surface area contributed by atoms with E-state index in [-0.39, 0.29) is 25.7 Å². The number of hydrogen-bond acceptors (Lipinski definition) is 11. The van der Waals surface area contributed by atoms with Crippen LogP contribution in [-0.2, 0) is 28.7 Å². The predicted octanol–water partition coefficient (Wildman–Crippen LogP) is -0.306. The van der Waals surface area contributed by atoms with E-state index < -0.39 is 89.4 Å². The standard InChI is InChI=1S/C24H38O11/c1-6-10-15(26)21(31)20(19(30)14(5)25)35-24(34,18(29)13-9-4)23(33,17(28)12-8-3)22(21,32)16(27)11-7-2/h19-20,30-34H,6-13H2,1-5H3/t19?,20-,21-,22+,23-,24?/m1/s1. The van der Waals surface area contributed by atoms with Crippen LogP contribution in [0.1, 0.15) is 86.0 Å². The molecule has 0 bridgehead atoms. The molecule has 1 aliphatic rings. The summed E-state index contributed by atoms with van der Waals surface area (Å²) < 4.78 is 5.28. The second-order valence-electron chi connectivity index (χ2n) is 9.12. The van der Waals surface area contributed by atoms with Gasteiger partial charge in [0.2, 0.25) is 11.2 Å². The summed E-state index contributed by atoms with van der Waals surface area (Å²) in [5.41, 5.74) is -11.2. The molecule has 1 saturated heterocycles. The van der Waals surface area contributed by atoms with E-state index in [0.717, 1.165) is 6.92 Å². The van der Waals surface area contributed by atoms with Crippen molar-refractivity contribution in [3.05, 3.63) is 0 Å². The van der Waals surface area contributed by atoms with Gasteiger partial charge in [0.1, 0.15) is 12.2 Å². The molecule has 0 aromatic heterocycles. The van der Waals surface area contributed by atoms with E-state index in [1.54, 1.807) is 0 Å². The highest BCUT2D eigenvalue weighted by molar-refractivity contribution is 6.10. The fourth-order valence-corrected chi connectivity index (χ4v) is 4.65. The molecule has 0 aromatic rings. The molecule has 5 N–H and O–H groups in total. The molecule has 11 nitrogen and oxygen atoms in total. The molecule has 6 atom stereocenters. The number of ketones is 5. The molecule has 11 heteroatoms. The zero-order chi connectivity index (χ0) is 27.4. The summed E-state index contributed by atoms with van der Waals surface area (Å²) in [6.45, 7) is 6.89. The summed E-state index contributed by atoms with van der Waals surface area (Å²) >= 11 is 0. The van der Waals surface area contributed by atoms with Gasteiger partial charge in [0.15, 0.2) is 34.5 Å². The van der Waals surface area contributed by atoms with Crippen molar-refractivity contribution in [3.8, 4) is 0 Å². The number of carbonyl (C=O) groups is 5. The monoisotopic (exact) mass is 502 g/mol. The molecule has 1 fully saturated rings. The third-order valence-corrected chi connectivity index (χ3v) is 6.50. The Balaban J connectivity index is 4.31. The highest BCUT2D eigenvalue weighted by atomic mass is 16.7. The summed E-state index contributed by atoms with van der Waals surface area (Å²) in [6.07, 6.45) is -7.04. The van der Waals surface area contributed by atoms with Crippen molar-refractivity contribution in [1.29, 1.82) is 0 Å². The number of hydrogen-bond donors (Lipinski definition) is 5. The minimum atomic E-state index is -3.84. The van der Waals surface area contributed by atoms with Gasteiger partial charge < -0.3 is 30.3 Å². The highest BCUT2D eigenvalue weighted by Crippen LogP contribution is 2.53. The van der Waals surface area contributed by atoms with Crippen LogP contribution < -0.4 is 0 Å². The van der Waals surface area contributed by atoms with E-state index in [0.29, 0.717) is 0 Å². The third kappa shape index (κ3) is 4.54. The molecular formula is C24H38O11. The molecule has 0 saturated carbocycles. The van der Waals surface area contributed by atoms with E-state index in [4.69, 9.17) is 4.74 Å². The topological polar surface area (TPSA) is 196 Å². The van der Waals surface area contributed by atoms with Gasteiger partial charge in [-0.1, -0.05) is 27.7 Å². The lowest BCUT2D eigenvalue weighted by atomic mass is 9.55. The van der Waals surface area contributed by atoms with E-state index in [1.807, 2.05) is 0 Å². The lowest BCUT2D eigenvalue weighted by Crippen LogP contribution is -2.92. The average molecular weight is 503 g/mol. The molecular weight excluding hydrogens is 464 g/mol. The molecule has 0 spiro atoms. The van der Waals surface area contributed by atoms with Crippen molar-refractivity contribution in [2.24, 2.45) is 0 Å². The molecule has 35 heavy (non-hydrogen) atoms. The molecule has 1 heterocycles. The quantitative estimate of drug-likeness (QED) is 0.209. The first kappa shape index (κ1) is 31.1. The minimum absolute atomic E-state index is 0.0133. The van der Waals surface area contributed by atoms with E-state index in [1.165, 1.54) is 27.7 Å². The van der Waals surface area contributed by atoms with Gasteiger partial charge in [0, 0.05) is 25.7 Å². The van der Waals surface area contributed by atoms with Gasteiger partial charge >= 0.3 is 0 Å². The van der Waals surface area contributed by atoms with Crippen molar-refractivity contribution in [2.75, 3.05) is 0 Å². The molecule has 0 amide bonds. The summed E-state index contributed by atoms with van der Waals surface area (Å²) in [5, 5.41) is 57.6. The van der Waals surface area contributed by atoms with Crippen LogP contribution in [0.25, 0.3) is 0 Å². The molecule has 0 aliphatic carbocycles. The summed E-state index contributed by atoms with van der Waals surface area (Å²) in [5.74, 6) is -10.3. The Hall–Kier alpha value is -1.89. The van der Waals surface area contributed by atoms with Crippen molar-refractivity contribution < 1.29 is 54.2 Å². The second kappa shape index (κ2) is 11.4. The first-order valence-corrected chi connectivity index (χ1v) is 12.0. The minimum Gasteiger partial charge on any atom is -0.382 e. The maximum atomic E-state index is 13.5. The first-order chi connectivity index (χ1) is 16.1. The van der Waals surface area contributed by atoms with Gasteiger partial charge in [-0.25, -0.2) is 0 Å². The zero-order valence-electron chi connectivity index (χ0n) is 21.0. The maximum Gasteiger partial charge on any atom is 0.267 e. The number of ether oxygens (including phenoxy) is 1. The Morgan fingerprint density at radius 1 is 0.686 bits per heavy atom. The van der Waals surface area contributed by atoms with Crippen LogP contribution in [0.15, 0.2) is 0 Å². The number of Topliss-reactive ketones (excluding diaryl/α,β-unsaturated/α-hetero) is 5. The Kier molecular flexibility index (Phi) is 10.2. The van der Waals surface area contributed by atoms with Crippen LogP contribution in [0.2, 0.25) is 0 Å². The molecule has 1 aliphatic heterocycles. The van der Waals surface area contributed by atoms with Crippen molar-refractivity contribution >= 4 is 28.9 Å². The second-order valence-corrected chi connectivity index (χ2v) is 9.12. The van der Waals surface area contributed by atoms with Gasteiger partial charge in [0.25, 0.3) is 5.79 Å². The summed E-state index contributed by atoms with van der Waals surface area (Å²) in [4.78, 5) is 65.3. The van der Waals surface area contributed by atoms with Crippen LogP contribution in [0.5, 0.6) is 0 Å². The average Bonchev–Trinajstić information content (AvgIpc) is 2.79. The largest absolute Gasteiger partial charge is 0.382 e. The van der Waals surface area contributed by atoms with Crippen molar-refractivity contribution in [1.82, 2.24) is 0 Å². The predicted molar refractivity (Wildman–Crippen MR) is 121 cm³/mol. The number of rotatable bonds is 14. The maximum absolute atomic E-state index is 13.5. The van der Waals surface area contributed by atoms with E-state index in [2.05, 4.69) is 0 Å². The molecule has 200 valence electrons. The third-order valence-electron chi connectivity index (χ3n) is 6.50. The van der Waals surface area contributed by atoms with Gasteiger partial charge in [0.05, 0.1) is 0 Å². The van der Waals surface area contributed by atoms with Gasteiger partial charge in [-0.3, -0.25) is 24.0 Å². The van der Waals surface area contributed by atoms with Crippen molar-refractivity contribution in [3.63, 3.8) is 0 Å². The molecule has 2 unspecified atom stereocenters. The van der Waals surface area contributed by atoms with E-state index in [9.17, 15) is 49.5 Å². The SMILES string of the molecule is CCCC(=O)C1(O)O[C@H](C(O)C(C)=O)[C@](O)(C(=O)CCC)[C@@](O)(C(=O)CCC)[C@]1(O)C(=O)CCC. The summed E-state index contributed by atoms with van der Waals surface area (Å²) in [7, 11) is 0. The number of carbonyl (C=O) groups excluding carboxylic acids is 5. The highest BCUT2D eigenvalue weighted by Gasteiger charge is 2.85. The molecule has 0 radical (unpaired) electrons. The Morgan fingerprint density at radius 3 is 1.46 bits per heavy atom. The number of aliphatic hydroxyl groups excluding tert-OH is 1. The smallest absolute Gasteiger partial charge is 0.267 e. The van der Waals surface area contributed by atoms with Gasteiger partial charge in [-0.2, -0.15) is 0 Å². The van der Waals surface area contributed by atoms with E-state index >= 15 is 0 Å². The van der Waals surface area contributed by atoms with Gasteiger partial charge in [-0.05, 0) is 32.6 Å². The first-order valence-electron chi connectivity index (χ1n) is 12.0. The van der Waals surface area contributed by atoms with Crippen LogP contribution >= 0.6 is 0 Å². The molecule has 0 aromatic carbocycles. The fourth-order valence-electron chi connectivity index (χ4n) is 4.65. The van der Waals surface area contributed by atoms with Crippen molar-refractivity contribution in [2.45, 2.75) is 121 Å². The number of aliphatic hydroxyl groups is 5. The Morgan fingerprint density at radius 2 is 1.06 bits per heavy atom. The lowest BCUT2D eigenvalue weighted by molar-refractivity contribution is -0.395. The van der Waals surface area contributed by atoms with Crippen LogP contribution in [0.3, 0.4) is 0 Å². The summed E-state index contributed by atoms with van der Waals surface area (Å²) in [6, 6.07) is 0. The van der Waals surface area contributed by atoms with Crippen LogP contribution in [0.4, 0.5) is 0 Å². The fraction of sp³-hybridized carbons (Fsp3) is 0.792. The van der Waals surface area contributed by atoms with Crippen LogP contribution in [-0.4, -0.2) is 89.2 Å². The van der Waals surface area contributed by atoms with Gasteiger partial charge in [-0.15, -0.1) is 0 Å². The zero-order valence-corrected chi connectivity index (χ0v) is 21.0. The Bertz CT molecular complexity index is 854. The Labute approximate surface area is 204 Å². The molecule has 1 rings (SSSR count).